The number of amides is 2. The van der Waals surface area contributed by atoms with Gasteiger partial charge in [-0.25, -0.2) is 0 Å². The molecule has 2 N–H and O–H groups in total. The third kappa shape index (κ3) is 5.15. The summed E-state index contributed by atoms with van der Waals surface area (Å²) in [7, 11) is 0. The van der Waals surface area contributed by atoms with Crippen molar-refractivity contribution in [2.24, 2.45) is 0 Å². The van der Waals surface area contributed by atoms with E-state index in [0.29, 0.717) is 13.1 Å². The highest BCUT2D eigenvalue weighted by atomic mass is 16.2. The molecule has 0 aromatic heterocycles. The van der Waals surface area contributed by atoms with Crippen molar-refractivity contribution >= 4 is 11.8 Å². The van der Waals surface area contributed by atoms with Crippen molar-refractivity contribution in [1.29, 1.82) is 0 Å². The first-order chi connectivity index (χ1) is 10.4. The van der Waals surface area contributed by atoms with Gasteiger partial charge in [0.1, 0.15) is 0 Å². The molecular weight excluding hydrogens is 278 g/mol. The number of nitrogens with zero attached hydrogens (tertiary/aromatic N) is 1. The van der Waals surface area contributed by atoms with E-state index in [1.54, 1.807) is 0 Å². The Morgan fingerprint density at radius 1 is 1.32 bits per heavy atom. The van der Waals surface area contributed by atoms with E-state index in [0.717, 1.165) is 13.0 Å². The molecule has 1 aromatic carbocycles. The van der Waals surface area contributed by atoms with Crippen LogP contribution in [0.1, 0.15) is 23.6 Å². The van der Waals surface area contributed by atoms with Gasteiger partial charge in [-0.05, 0) is 32.8 Å². The second kappa shape index (κ2) is 7.40. The summed E-state index contributed by atoms with van der Waals surface area (Å²) < 4.78 is 0. The number of benzene rings is 1. The van der Waals surface area contributed by atoms with Gasteiger partial charge in [-0.15, -0.1) is 0 Å². The van der Waals surface area contributed by atoms with Gasteiger partial charge in [-0.3, -0.25) is 14.5 Å². The second-order valence-corrected chi connectivity index (χ2v) is 6.23. The normalized spacial score (nSPS) is 17.0. The summed E-state index contributed by atoms with van der Waals surface area (Å²) in [5, 5.41) is 5.77. The Morgan fingerprint density at radius 2 is 2.00 bits per heavy atom. The highest BCUT2D eigenvalue weighted by Crippen LogP contribution is 2.11. The maximum absolute atomic E-state index is 12.1. The van der Waals surface area contributed by atoms with Gasteiger partial charge in [-0.1, -0.05) is 29.3 Å². The van der Waals surface area contributed by atoms with Crippen molar-refractivity contribution in [2.75, 3.05) is 26.2 Å². The topological polar surface area (TPSA) is 61.4 Å². The van der Waals surface area contributed by atoms with Crippen LogP contribution in [0.4, 0.5) is 0 Å². The minimum atomic E-state index is -0.0217. The molecule has 22 heavy (non-hydrogen) atoms. The van der Waals surface area contributed by atoms with Gasteiger partial charge in [0.15, 0.2) is 0 Å². The molecule has 0 saturated carbocycles. The van der Waals surface area contributed by atoms with Gasteiger partial charge >= 0.3 is 0 Å². The molecule has 1 aromatic rings. The van der Waals surface area contributed by atoms with Crippen LogP contribution >= 0.6 is 0 Å². The third-order valence-electron chi connectivity index (χ3n) is 3.72. The van der Waals surface area contributed by atoms with Crippen molar-refractivity contribution in [3.8, 4) is 0 Å². The predicted octanol–water partition coefficient (Wildman–Crippen LogP) is 0.782. The van der Waals surface area contributed by atoms with Crippen LogP contribution < -0.4 is 10.6 Å². The standard InChI is InChI=1S/C17H25N3O2/c1-12-6-13(2)8-15(7-12)9-14(3)19-17(22)11-20-5-4-18-16(21)10-20/h6-8,14H,4-5,9-11H2,1-3H3,(H,18,21)(H,19,22)/t14-/m0/s1. The lowest BCUT2D eigenvalue weighted by Gasteiger charge is -2.26. The number of nitrogens with one attached hydrogen (secondary N) is 2. The molecular formula is C17H25N3O2. The average Bonchev–Trinajstić information content (AvgIpc) is 2.36. The van der Waals surface area contributed by atoms with Crippen LogP contribution in [-0.4, -0.2) is 48.9 Å². The highest BCUT2D eigenvalue weighted by molar-refractivity contribution is 5.81. The second-order valence-electron chi connectivity index (χ2n) is 6.23. The molecule has 120 valence electrons. The van der Waals surface area contributed by atoms with Crippen LogP contribution in [-0.2, 0) is 16.0 Å². The Balaban J connectivity index is 1.81. The molecule has 1 aliphatic heterocycles. The van der Waals surface area contributed by atoms with Gasteiger partial charge in [0, 0.05) is 19.1 Å². The van der Waals surface area contributed by atoms with Crippen LogP contribution in [0.15, 0.2) is 18.2 Å². The summed E-state index contributed by atoms with van der Waals surface area (Å²) in [4.78, 5) is 25.2. The average molecular weight is 303 g/mol. The van der Waals surface area contributed by atoms with Crippen molar-refractivity contribution in [3.63, 3.8) is 0 Å². The SMILES string of the molecule is Cc1cc(C)cc(C[C@H](C)NC(=O)CN2CCNC(=O)C2)c1. The molecule has 5 nitrogen and oxygen atoms in total. The molecule has 1 saturated heterocycles. The third-order valence-corrected chi connectivity index (χ3v) is 3.72. The number of rotatable bonds is 5. The van der Waals surface area contributed by atoms with Crippen LogP contribution in [0.2, 0.25) is 0 Å². The van der Waals surface area contributed by atoms with E-state index in [4.69, 9.17) is 0 Å². The summed E-state index contributed by atoms with van der Waals surface area (Å²) in [6.45, 7) is 8.11. The number of hydrogen-bond donors (Lipinski definition) is 2. The quantitative estimate of drug-likeness (QED) is 0.845. The van der Waals surface area contributed by atoms with E-state index in [9.17, 15) is 9.59 Å². The van der Waals surface area contributed by atoms with E-state index < -0.39 is 0 Å². The number of hydrogen-bond acceptors (Lipinski definition) is 3. The predicted molar refractivity (Wildman–Crippen MR) is 86.7 cm³/mol. The van der Waals surface area contributed by atoms with Crippen molar-refractivity contribution in [1.82, 2.24) is 15.5 Å². The summed E-state index contributed by atoms with van der Waals surface area (Å²) in [6, 6.07) is 6.54. The Labute approximate surface area is 132 Å². The summed E-state index contributed by atoms with van der Waals surface area (Å²) in [5.74, 6) is -0.0334. The molecule has 0 spiro atoms. The van der Waals surface area contributed by atoms with E-state index >= 15 is 0 Å². The maximum atomic E-state index is 12.1. The van der Waals surface area contributed by atoms with Crippen LogP contribution in [0.25, 0.3) is 0 Å². The van der Waals surface area contributed by atoms with Gasteiger partial charge in [0.25, 0.3) is 0 Å². The zero-order valence-electron chi connectivity index (χ0n) is 13.6. The highest BCUT2D eigenvalue weighted by Gasteiger charge is 2.19. The number of aryl methyl sites for hydroxylation is 2. The fraction of sp³-hybridized carbons (Fsp3) is 0.529. The molecule has 1 atom stereocenters. The number of piperazine rings is 1. The molecule has 5 heteroatoms. The van der Waals surface area contributed by atoms with E-state index in [1.807, 2.05) is 11.8 Å². The lowest BCUT2D eigenvalue weighted by atomic mass is 10.0. The molecule has 0 aliphatic carbocycles. The Morgan fingerprint density at radius 3 is 2.64 bits per heavy atom. The molecule has 2 amide bonds. The maximum Gasteiger partial charge on any atom is 0.234 e. The van der Waals surface area contributed by atoms with Crippen molar-refractivity contribution in [2.45, 2.75) is 33.2 Å². The fourth-order valence-electron chi connectivity index (χ4n) is 2.94. The molecule has 2 rings (SSSR count). The van der Waals surface area contributed by atoms with Crippen LogP contribution in [0.3, 0.4) is 0 Å². The Hall–Kier alpha value is -1.88. The molecule has 1 aliphatic rings. The molecule has 1 fully saturated rings. The monoisotopic (exact) mass is 303 g/mol. The van der Waals surface area contributed by atoms with Crippen LogP contribution in [0.5, 0.6) is 0 Å². The van der Waals surface area contributed by atoms with E-state index in [1.165, 1.54) is 16.7 Å². The first kappa shape index (κ1) is 16.5. The van der Waals surface area contributed by atoms with Crippen molar-refractivity contribution in [3.05, 3.63) is 34.9 Å². The summed E-state index contributed by atoms with van der Waals surface area (Å²) in [6.07, 6.45) is 0.814. The molecule has 0 unspecified atom stereocenters. The fourth-order valence-corrected chi connectivity index (χ4v) is 2.94. The lowest BCUT2D eigenvalue weighted by Crippen LogP contribution is -2.51. The Kier molecular flexibility index (Phi) is 5.55. The van der Waals surface area contributed by atoms with Crippen molar-refractivity contribution < 1.29 is 9.59 Å². The first-order valence-corrected chi connectivity index (χ1v) is 7.78. The molecule has 0 radical (unpaired) electrons. The first-order valence-electron chi connectivity index (χ1n) is 7.78. The van der Waals surface area contributed by atoms with E-state index in [-0.39, 0.29) is 24.4 Å². The zero-order valence-corrected chi connectivity index (χ0v) is 13.6. The smallest absolute Gasteiger partial charge is 0.234 e. The molecule has 1 heterocycles. The Bertz CT molecular complexity index is 537. The number of carbonyl (C=O) groups is 2. The van der Waals surface area contributed by atoms with E-state index in [2.05, 4.69) is 42.7 Å². The van der Waals surface area contributed by atoms with Gasteiger partial charge in [0.05, 0.1) is 13.1 Å². The minimum absolute atomic E-state index is 0.0117. The van der Waals surface area contributed by atoms with Crippen LogP contribution in [0, 0.1) is 13.8 Å². The van der Waals surface area contributed by atoms with Gasteiger partial charge in [0.2, 0.25) is 11.8 Å². The molecule has 0 bridgehead atoms. The van der Waals surface area contributed by atoms with Gasteiger partial charge < -0.3 is 10.6 Å². The number of carbonyl (C=O) groups excluding carboxylic acids is 2. The summed E-state index contributed by atoms with van der Waals surface area (Å²) >= 11 is 0. The summed E-state index contributed by atoms with van der Waals surface area (Å²) in [5.41, 5.74) is 3.73. The lowest BCUT2D eigenvalue weighted by molar-refractivity contribution is -0.127. The largest absolute Gasteiger partial charge is 0.354 e. The van der Waals surface area contributed by atoms with Gasteiger partial charge in [-0.2, -0.15) is 0 Å². The zero-order chi connectivity index (χ0) is 16.1. The minimum Gasteiger partial charge on any atom is -0.354 e.